The van der Waals surface area contributed by atoms with Crippen molar-refractivity contribution in [3.8, 4) is 0 Å². The van der Waals surface area contributed by atoms with E-state index < -0.39 is 30.2 Å². The SMILES string of the molecule is CCCNC.CCc1ccccc1.N=CN.O=C(CNC(=O)C1CCCN1C(=O)CO)c1nc2ccccc2o1. The van der Waals surface area contributed by atoms with Crippen molar-refractivity contribution in [1.82, 2.24) is 20.5 Å². The normalized spacial score (nSPS) is 13.5. The number of rotatable bonds is 8. The minimum absolute atomic E-state index is 0.0637. The number of hydrogen-bond donors (Lipinski definition) is 5. The van der Waals surface area contributed by atoms with Crippen molar-refractivity contribution in [1.29, 1.82) is 5.41 Å². The standard InChI is InChI=1S/C16H17N3O5.C8H10.C4H11N.CH4N2/c20-9-14(22)19-7-3-5-11(19)15(23)17-8-12(21)16-18-10-4-1-2-6-13(10)24-16;1-2-8-6-4-3-5-7-8;1-3-4-5-2;2-1-3/h1-2,4,6,11,20H,3,5,7-9H2,(H,17,23);3-7H,2H2,1H3;5H,3-4H2,1-2H3;1H,(H3,2,3). The van der Waals surface area contributed by atoms with Crippen LogP contribution in [0.5, 0.6) is 0 Å². The molecule has 1 atom stereocenters. The van der Waals surface area contributed by atoms with Crippen LogP contribution in [0.4, 0.5) is 0 Å². The Balaban J connectivity index is 0.000000409. The van der Waals surface area contributed by atoms with Gasteiger partial charge in [-0.2, -0.15) is 0 Å². The minimum atomic E-state index is -0.652. The van der Waals surface area contributed by atoms with E-state index in [1.807, 2.05) is 13.1 Å². The van der Waals surface area contributed by atoms with E-state index in [4.69, 9.17) is 14.9 Å². The summed E-state index contributed by atoms with van der Waals surface area (Å²) in [6, 6.07) is 16.8. The van der Waals surface area contributed by atoms with Crippen molar-refractivity contribution in [2.24, 2.45) is 5.73 Å². The first-order valence-corrected chi connectivity index (χ1v) is 13.3. The maximum atomic E-state index is 12.2. The number of nitrogens with one attached hydrogen (secondary N) is 3. The summed E-state index contributed by atoms with van der Waals surface area (Å²) in [6.07, 6.45) is 4.31. The number of nitrogens with zero attached hydrogens (tertiary/aromatic N) is 2. The van der Waals surface area contributed by atoms with Gasteiger partial charge in [-0.3, -0.25) is 19.8 Å². The molecular weight excluding hydrogens is 512 g/mol. The van der Waals surface area contributed by atoms with Gasteiger partial charge in [-0.1, -0.05) is 56.3 Å². The average molecular weight is 555 g/mol. The van der Waals surface area contributed by atoms with E-state index in [0.717, 1.165) is 19.3 Å². The molecule has 2 amide bonds. The number of carbonyl (C=O) groups excluding carboxylic acids is 3. The van der Waals surface area contributed by atoms with Crippen LogP contribution in [0.2, 0.25) is 0 Å². The van der Waals surface area contributed by atoms with Crippen molar-refractivity contribution in [3.63, 3.8) is 0 Å². The maximum absolute atomic E-state index is 12.2. The van der Waals surface area contributed by atoms with Crippen LogP contribution in [0.3, 0.4) is 0 Å². The van der Waals surface area contributed by atoms with Gasteiger partial charge in [0.1, 0.15) is 18.2 Å². The van der Waals surface area contributed by atoms with Gasteiger partial charge in [0.2, 0.25) is 17.6 Å². The van der Waals surface area contributed by atoms with E-state index in [-0.39, 0.29) is 12.4 Å². The first kappa shape index (κ1) is 33.9. The quantitative estimate of drug-likeness (QED) is 0.160. The Morgan fingerprint density at radius 2 is 1.80 bits per heavy atom. The average Bonchev–Trinajstić information content (AvgIpc) is 3.65. The van der Waals surface area contributed by atoms with Crippen LogP contribution >= 0.6 is 0 Å². The lowest BCUT2D eigenvalue weighted by Gasteiger charge is -2.22. The third-order valence-electron chi connectivity index (χ3n) is 5.72. The first-order chi connectivity index (χ1) is 19.4. The van der Waals surface area contributed by atoms with E-state index >= 15 is 0 Å². The third-order valence-corrected chi connectivity index (χ3v) is 5.72. The lowest BCUT2D eigenvalue weighted by Crippen LogP contribution is -2.47. The van der Waals surface area contributed by atoms with Crippen molar-refractivity contribution in [2.45, 2.75) is 45.6 Å². The highest BCUT2D eigenvalue weighted by Gasteiger charge is 2.33. The van der Waals surface area contributed by atoms with Crippen LogP contribution in [-0.4, -0.2) is 78.3 Å². The Hall–Kier alpha value is -4.09. The minimum Gasteiger partial charge on any atom is -0.434 e. The molecule has 1 aromatic heterocycles. The van der Waals surface area contributed by atoms with Crippen molar-refractivity contribution >= 4 is 35.0 Å². The zero-order valence-electron chi connectivity index (χ0n) is 23.6. The lowest BCUT2D eigenvalue weighted by molar-refractivity contribution is -0.140. The smallest absolute Gasteiger partial charge is 0.266 e. The van der Waals surface area contributed by atoms with E-state index in [2.05, 4.69) is 59.5 Å². The second-order valence-electron chi connectivity index (χ2n) is 8.64. The fourth-order valence-electron chi connectivity index (χ4n) is 3.74. The van der Waals surface area contributed by atoms with Crippen LogP contribution < -0.4 is 16.4 Å². The molecule has 0 spiro atoms. The summed E-state index contributed by atoms with van der Waals surface area (Å²) in [4.78, 5) is 41.3. The van der Waals surface area contributed by atoms with Gasteiger partial charge in [0.05, 0.1) is 12.9 Å². The van der Waals surface area contributed by atoms with Crippen molar-refractivity contribution in [3.05, 3.63) is 66.1 Å². The number of ketones is 1. The second-order valence-corrected chi connectivity index (χ2v) is 8.64. The van der Waals surface area contributed by atoms with Crippen LogP contribution in [0.15, 0.2) is 59.0 Å². The summed E-state index contributed by atoms with van der Waals surface area (Å²) >= 11 is 0. The number of carbonyl (C=O) groups is 3. The molecule has 3 aromatic rings. The molecule has 6 N–H and O–H groups in total. The van der Waals surface area contributed by atoms with Gasteiger partial charge in [-0.05, 0) is 57.0 Å². The van der Waals surface area contributed by atoms with Crippen LogP contribution in [-0.2, 0) is 16.0 Å². The molecule has 1 unspecified atom stereocenters. The van der Waals surface area contributed by atoms with E-state index in [1.165, 1.54) is 16.9 Å². The van der Waals surface area contributed by atoms with E-state index in [1.54, 1.807) is 24.3 Å². The predicted molar refractivity (Wildman–Crippen MR) is 156 cm³/mol. The number of aryl methyl sites for hydroxylation is 1. The zero-order valence-corrected chi connectivity index (χ0v) is 23.6. The Morgan fingerprint density at radius 1 is 1.15 bits per heavy atom. The Kier molecular flexibility index (Phi) is 16.9. The highest BCUT2D eigenvalue weighted by atomic mass is 16.4. The molecule has 11 heteroatoms. The molecule has 1 fully saturated rings. The van der Waals surface area contributed by atoms with Crippen LogP contribution in [0.1, 0.15) is 49.4 Å². The largest absolute Gasteiger partial charge is 0.434 e. The number of nitrogens with two attached hydrogens (primary N) is 1. The molecule has 4 rings (SSSR count). The molecule has 0 bridgehead atoms. The van der Waals surface area contributed by atoms with Gasteiger partial charge in [-0.15, -0.1) is 0 Å². The summed E-state index contributed by atoms with van der Waals surface area (Å²) < 4.78 is 5.35. The molecule has 11 nitrogen and oxygen atoms in total. The molecule has 1 aliphatic rings. The number of benzene rings is 2. The topological polar surface area (TPSA) is 175 Å². The molecule has 1 saturated heterocycles. The predicted octanol–water partition coefficient (Wildman–Crippen LogP) is 2.53. The molecule has 218 valence electrons. The molecular formula is C29H42N6O5. The third kappa shape index (κ3) is 11.7. The number of hydrogen-bond acceptors (Lipinski definition) is 8. The second kappa shape index (κ2) is 19.9. The highest BCUT2D eigenvalue weighted by molar-refractivity contribution is 5.98. The van der Waals surface area contributed by atoms with Crippen LogP contribution in [0.25, 0.3) is 11.1 Å². The van der Waals surface area contributed by atoms with Gasteiger partial charge in [0.15, 0.2) is 5.58 Å². The molecule has 0 aliphatic carbocycles. The first-order valence-electron chi connectivity index (χ1n) is 13.3. The molecule has 2 heterocycles. The Morgan fingerprint density at radius 3 is 2.33 bits per heavy atom. The fraction of sp³-hybridized carbons (Fsp3) is 0.414. The number of Topliss-reactive ketones (excluding diaryl/α,β-unsaturated/α-hetero) is 1. The van der Waals surface area contributed by atoms with Crippen LogP contribution in [0, 0.1) is 5.41 Å². The fourth-order valence-corrected chi connectivity index (χ4v) is 3.74. The number of aliphatic hydroxyl groups excluding tert-OH is 1. The number of aromatic nitrogens is 1. The Bertz CT molecular complexity index is 1130. The van der Waals surface area contributed by atoms with Crippen molar-refractivity contribution in [2.75, 3.05) is 33.3 Å². The number of para-hydroxylation sites is 2. The molecule has 1 aliphatic heterocycles. The van der Waals surface area contributed by atoms with Gasteiger partial charge >= 0.3 is 0 Å². The summed E-state index contributed by atoms with van der Waals surface area (Å²) in [5, 5.41) is 20.3. The highest BCUT2D eigenvalue weighted by Crippen LogP contribution is 2.18. The lowest BCUT2D eigenvalue weighted by atomic mass is 10.2. The maximum Gasteiger partial charge on any atom is 0.266 e. The number of fused-ring (bicyclic) bond motifs is 1. The van der Waals surface area contributed by atoms with Gasteiger partial charge in [-0.25, -0.2) is 4.98 Å². The molecule has 0 saturated carbocycles. The summed E-state index contributed by atoms with van der Waals surface area (Å²) in [6.45, 7) is 4.98. The number of oxazole rings is 1. The molecule has 40 heavy (non-hydrogen) atoms. The summed E-state index contributed by atoms with van der Waals surface area (Å²) in [7, 11) is 1.96. The Labute approximate surface area is 235 Å². The van der Waals surface area contributed by atoms with Crippen molar-refractivity contribution < 1.29 is 23.9 Å². The van der Waals surface area contributed by atoms with E-state index in [9.17, 15) is 14.4 Å². The van der Waals surface area contributed by atoms with Gasteiger partial charge in [0, 0.05) is 6.54 Å². The van der Waals surface area contributed by atoms with Gasteiger partial charge in [0.25, 0.3) is 5.89 Å². The summed E-state index contributed by atoms with van der Waals surface area (Å²) in [5.41, 5.74) is 6.87. The molecule has 2 aromatic carbocycles. The van der Waals surface area contributed by atoms with Gasteiger partial charge < -0.3 is 30.8 Å². The monoisotopic (exact) mass is 554 g/mol. The van der Waals surface area contributed by atoms with E-state index in [0.29, 0.717) is 30.5 Å². The number of likely N-dealkylation sites (tertiary alicyclic amines) is 1. The number of aliphatic hydroxyl groups is 1. The molecule has 0 radical (unpaired) electrons. The summed E-state index contributed by atoms with van der Waals surface area (Å²) in [5.74, 6) is -1.42. The number of amides is 2. The zero-order chi connectivity index (χ0) is 29.8.